The Morgan fingerprint density at radius 1 is 1.28 bits per heavy atom. The second-order valence-electron chi connectivity index (χ2n) is 4.90. The summed E-state index contributed by atoms with van der Waals surface area (Å²) in [4.78, 5) is 11.8. The van der Waals surface area contributed by atoms with E-state index >= 15 is 0 Å². The zero-order valence-electron chi connectivity index (χ0n) is 11.0. The van der Waals surface area contributed by atoms with Gasteiger partial charge in [-0.15, -0.1) is 0 Å². The van der Waals surface area contributed by atoms with Crippen molar-refractivity contribution in [3.8, 4) is 0 Å². The maximum absolute atomic E-state index is 11.8. The van der Waals surface area contributed by atoms with Gasteiger partial charge in [-0.05, 0) is 18.1 Å². The summed E-state index contributed by atoms with van der Waals surface area (Å²) in [5.74, 6) is 0.475. The van der Waals surface area contributed by atoms with Crippen molar-refractivity contribution in [1.29, 1.82) is 0 Å². The SMILES string of the molecule is CCC(C)C(N)Cn1ccc(=O)c2ccccc21. The highest BCUT2D eigenvalue weighted by molar-refractivity contribution is 5.78. The molecule has 0 amide bonds. The molecule has 96 valence electrons. The monoisotopic (exact) mass is 244 g/mol. The summed E-state index contributed by atoms with van der Waals surface area (Å²) in [7, 11) is 0. The van der Waals surface area contributed by atoms with Gasteiger partial charge in [0.05, 0.1) is 5.52 Å². The molecule has 0 aliphatic heterocycles. The molecule has 2 atom stereocenters. The highest BCUT2D eigenvalue weighted by Crippen LogP contribution is 2.13. The van der Waals surface area contributed by atoms with Crippen LogP contribution in [0.2, 0.25) is 0 Å². The second-order valence-corrected chi connectivity index (χ2v) is 4.90. The van der Waals surface area contributed by atoms with Crippen LogP contribution in [0.1, 0.15) is 20.3 Å². The van der Waals surface area contributed by atoms with Gasteiger partial charge in [-0.25, -0.2) is 0 Å². The standard InChI is InChI=1S/C15H20N2O/c1-3-11(2)13(16)10-17-9-8-15(18)12-6-4-5-7-14(12)17/h4-9,11,13H,3,10,16H2,1-2H3. The Kier molecular flexibility index (Phi) is 3.82. The number of aromatic nitrogens is 1. The summed E-state index contributed by atoms with van der Waals surface area (Å²) >= 11 is 0. The van der Waals surface area contributed by atoms with Gasteiger partial charge in [0.15, 0.2) is 5.43 Å². The first-order valence-electron chi connectivity index (χ1n) is 6.47. The highest BCUT2D eigenvalue weighted by atomic mass is 16.1. The lowest BCUT2D eigenvalue weighted by Gasteiger charge is -2.21. The molecule has 0 bridgehead atoms. The van der Waals surface area contributed by atoms with Crippen LogP contribution in [0, 0.1) is 5.92 Å². The van der Waals surface area contributed by atoms with Crippen LogP contribution in [0.5, 0.6) is 0 Å². The number of nitrogens with two attached hydrogens (primary N) is 1. The number of benzene rings is 1. The Balaban J connectivity index is 2.40. The molecule has 3 heteroatoms. The number of pyridine rings is 1. The third kappa shape index (κ3) is 2.46. The number of rotatable bonds is 4. The van der Waals surface area contributed by atoms with E-state index in [1.807, 2.05) is 30.5 Å². The van der Waals surface area contributed by atoms with E-state index in [1.165, 1.54) is 0 Å². The van der Waals surface area contributed by atoms with Crippen molar-refractivity contribution >= 4 is 10.9 Å². The molecule has 2 unspecified atom stereocenters. The van der Waals surface area contributed by atoms with E-state index in [2.05, 4.69) is 18.4 Å². The maximum Gasteiger partial charge on any atom is 0.189 e. The Morgan fingerprint density at radius 2 is 2.00 bits per heavy atom. The first kappa shape index (κ1) is 12.8. The molecule has 2 rings (SSSR count). The van der Waals surface area contributed by atoms with Crippen molar-refractivity contribution in [1.82, 2.24) is 4.57 Å². The number of nitrogens with zero attached hydrogens (tertiary/aromatic N) is 1. The third-order valence-corrected chi connectivity index (χ3v) is 3.67. The first-order valence-corrected chi connectivity index (χ1v) is 6.47. The van der Waals surface area contributed by atoms with Gasteiger partial charge in [0.2, 0.25) is 0 Å². The molecule has 1 aromatic carbocycles. The number of hydrogen-bond donors (Lipinski definition) is 1. The van der Waals surface area contributed by atoms with Crippen LogP contribution in [0.3, 0.4) is 0 Å². The average molecular weight is 244 g/mol. The summed E-state index contributed by atoms with van der Waals surface area (Å²) in [6.45, 7) is 5.05. The van der Waals surface area contributed by atoms with Crippen molar-refractivity contribution < 1.29 is 0 Å². The highest BCUT2D eigenvalue weighted by Gasteiger charge is 2.12. The fraction of sp³-hybridized carbons (Fsp3) is 0.400. The van der Waals surface area contributed by atoms with E-state index in [4.69, 9.17) is 5.73 Å². The lowest BCUT2D eigenvalue weighted by Crippen LogP contribution is -2.33. The normalized spacial score (nSPS) is 14.6. The van der Waals surface area contributed by atoms with Gasteiger partial charge in [-0.2, -0.15) is 0 Å². The smallest absolute Gasteiger partial charge is 0.189 e. The minimum Gasteiger partial charge on any atom is -0.346 e. The molecule has 18 heavy (non-hydrogen) atoms. The summed E-state index contributed by atoms with van der Waals surface area (Å²) < 4.78 is 2.08. The topological polar surface area (TPSA) is 48.0 Å². The molecule has 0 spiro atoms. The van der Waals surface area contributed by atoms with Crippen LogP contribution in [-0.2, 0) is 6.54 Å². The molecular formula is C15H20N2O. The zero-order chi connectivity index (χ0) is 13.1. The molecule has 0 fully saturated rings. The molecule has 1 aromatic heterocycles. The van der Waals surface area contributed by atoms with Gasteiger partial charge in [0.25, 0.3) is 0 Å². The minimum atomic E-state index is 0.0685. The van der Waals surface area contributed by atoms with Gasteiger partial charge in [0.1, 0.15) is 0 Å². The fourth-order valence-corrected chi connectivity index (χ4v) is 2.13. The Hall–Kier alpha value is -1.61. The predicted octanol–water partition coefficient (Wildman–Crippen LogP) is 2.37. The number of hydrogen-bond acceptors (Lipinski definition) is 2. The Morgan fingerprint density at radius 3 is 2.72 bits per heavy atom. The molecule has 0 saturated carbocycles. The van der Waals surface area contributed by atoms with Crippen molar-refractivity contribution in [3.05, 3.63) is 46.8 Å². The van der Waals surface area contributed by atoms with Crippen LogP contribution in [0.15, 0.2) is 41.3 Å². The first-order chi connectivity index (χ1) is 8.63. The van der Waals surface area contributed by atoms with Crippen molar-refractivity contribution in [2.45, 2.75) is 32.9 Å². The van der Waals surface area contributed by atoms with Gasteiger partial charge >= 0.3 is 0 Å². The molecule has 2 N–H and O–H groups in total. The zero-order valence-corrected chi connectivity index (χ0v) is 11.0. The number of fused-ring (bicyclic) bond motifs is 1. The Labute approximate surface area is 107 Å². The number of para-hydroxylation sites is 1. The predicted molar refractivity (Wildman–Crippen MR) is 75.6 cm³/mol. The van der Waals surface area contributed by atoms with Gasteiger partial charge in [-0.1, -0.05) is 32.4 Å². The largest absolute Gasteiger partial charge is 0.346 e. The summed E-state index contributed by atoms with van der Waals surface area (Å²) in [6.07, 6.45) is 2.91. The van der Waals surface area contributed by atoms with Crippen molar-refractivity contribution in [2.24, 2.45) is 11.7 Å². The minimum absolute atomic E-state index is 0.0685. The molecule has 1 heterocycles. The summed E-state index contributed by atoms with van der Waals surface area (Å²) in [6, 6.07) is 9.41. The van der Waals surface area contributed by atoms with E-state index in [-0.39, 0.29) is 11.5 Å². The molecule has 0 saturated heterocycles. The maximum atomic E-state index is 11.8. The van der Waals surface area contributed by atoms with E-state index < -0.39 is 0 Å². The molecule has 2 aromatic rings. The Bertz CT molecular complexity index is 588. The molecule has 3 nitrogen and oxygen atoms in total. The van der Waals surface area contributed by atoms with Crippen molar-refractivity contribution in [2.75, 3.05) is 0 Å². The van der Waals surface area contributed by atoms with Crippen LogP contribution in [-0.4, -0.2) is 10.6 Å². The van der Waals surface area contributed by atoms with Crippen LogP contribution in [0.4, 0.5) is 0 Å². The van der Waals surface area contributed by atoms with Gasteiger partial charge in [-0.3, -0.25) is 4.79 Å². The van der Waals surface area contributed by atoms with Gasteiger partial charge < -0.3 is 10.3 Å². The fourth-order valence-electron chi connectivity index (χ4n) is 2.13. The average Bonchev–Trinajstić information content (AvgIpc) is 2.41. The van der Waals surface area contributed by atoms with Crippen LogP contribution < -0.4 is 11.2 Å². The van der Waals surface area contributed by atoms with Crippen LogP contribution >= 0.6 is 0 Å². The quantitative estimate of drug-likeness (QED) is 0.897. The molecule has 0 aliphatic carbocycles. The molecule has 0 aliphatic rings. The molecule has 0 radical (unpaired) electrons. The van der Waals surface area contributed by atoms with Gasteiger partial charge in [0, 0.05) is 30.2 Å². The lowest BCUT2D eigenvalue weighted by molar-refractivity contribution is 0.400. The second kappa shape index (κ2) is 5.36. The lowest BCUT2D eigenvalue weighted by atomic mass is 10.00. The summed E-state index contributed by atoms with van der Waals surface area (Å²) in [5.41, 5.74) is 7.22. The van der Waals surface area contributed by atoms with E-state index in [1.54, 1.807) is 6.07 Å². The van der Waals surface area contributed by atoms with E-state index in [0.29, 0.717) is 5.92 Å². The van der Waals surface area contributed by atoms with Crippen molar-refractivity contribution in [3.63, 3.8) is 0 Å². The van der Waals surface area contributed by atoms with Crippen LogP contribution in [0.25, 0.3) is 10.9 Å². The molecular weight excluding hydrogens is 224 g/mol. The summed E-state index contributed by atoms with van der Waals surface area (Å²) in [5, 5.41) is 0.761. The van der Waals surface area contributed by atoms with E-state index in [9.17, 15) is 4.79 Å². The third-order valence-electron chi connectivity index (χ3n) is 3.67. The van der Waals surface area contributed by atoms with E-state index in [0.717, 1.165) is 23.9 Å².